The second-order valence-corrected chi connectivity index (χ2v) is 5.21. The normalized spacial score (nSPS) is 12.6. The number of aliphatic carboxylic acids is 1. The average molecular weight is 310 g/mol. The van der Waals surface area contributed by atoms with Gasteiger partial charge in [-0.2, -0.15) is 0 Å². The number of carbonyl (C=O) groups is 1. The van der Waals surface area contributed by atoms with Crippen LogP contribution in [0.2, 0.25) is 0 Å². The Kier molecular flexibility index (Phi) is 3.52. The van der Waals surface area contributed by atoms with Crippen LogP contribution in [0, 0.1) is 5.92 Å². The standard InChI is InChI=1S/C13H12BrNO3/c1-7(13(17)18)4-9-5-8-6-10(14)2-3-11(8)15-12(9)16/h2-3,5-7H,4H2,1H3,(H,15,16)(H,17,18). The third-order valence-corrected chi connectivity index (χ3v) is 3.32. The van der Waals surface area contributed by atoms with Crippen molar-refractivity contribution in [2.24, 2.45) is 5.92 Å². The molecule has 0 amide bonds. The monoisotopic (exact) mass is 309 g/mol. The van der Waals surface area contributed by atoms with E-state index in [4.69, 9.17) is 5.11 Å². The van der Waals surface area contributed by atoms with Gasteiger partial charge in [0.2, 0.25) is 0 Å². The van der Waals surface area contributed by atoms with E-state index in [1.54, 1.807) is 13.0 Å². The van der Waals surface area contributed by atoms with Gasteiger partial charge >= 0.3 is 5.97 Å². The highest BCUT2D eigenvalue weighted by Gasteiger charge is 2.14. The van der Waals surface area contributed by atoms with Crippen LogP contribution in [0.5, 0.6) is 0 Å². The highest BCUT2D eigenvalue weighted by atomic mass is 79.9. The fourth-order valence-corrected chi connectivity index (χ4v) is 2.17. The fourth-order valence-electron chi connectivity index (χ4n) is 1.79. The van der Waals surface area contributed by atoms with Gasteiger partial charge in [-0.15, -0.1) is 0 Å². The van der Waals surface area contributed by atoms with E-state index in [1.165, 1.54) is 0 Å². The van der Waals surface area contributed by atoms with Crippen molar-refractivity contribution in [2.75, 3.05) is 0 Å². The average Bonchev–Trinajstić information content (AvgIpc) is 2.30. The minimum atomic E-state index is -0.899. The molecule has 0 bridgehead atoms. The Morgan fingerprint density at radius 3 is 2.83 bits per heavy atom. The highest BCUT2D eigenvalue weighted by molar-refractivity contribution is 9.10. The van der Waals surface area contributed by atoms with Gasteiger partial charge in [-0.05, 0) is 36.1 Å². The molecule has 0 radical (unpaired) electrons. The minimum Gasteiger partial charge on any atom is -0.481 e. The first-order valence-electron chi connectivity index (χ1n) is 5.51. The molecule has 0 spiro atoms. The van der Waals surface area contributed by atoms with Gasteiger partial charge in [0.15, 0.2) is 0 Å². The van der Waals surface area contributed by atoms with Gasteiger partial charge in [0.05, 0.1) is 5.92 Å². The van der Waals surface area contributed by atoms with E-state index < -0.39 is 11.9 Å². The molecule has 4 nitrogen and oxygen atoms in total. The Labute approximate surface area is 112 Å². The van der Waals surface area contributed by atoms with Crippen LogP contribution in [0.4, 0.5) is 0 Å². The largest absolute Gasteiger partial charge is 0.481 e. The summed E-state index contributed by atoms with van der Waals surface area (Å²) < 4.78 is 0.916. The van der Waals surface area contributed by atoms with Crippen LogP contribution in [0.15, 0.2) is 33.5 Å². The SMILES string of the molecule is CC(Cc1cc2cc(Br)ccc2[nH]c1=O)C(=O)O. The summed E-state index contributed by atoms with van der Waals surface area (Å²) in [6, 6.07) is 7.29. The van der Waals surface area contributed by atoms with Crippen molar-refractivity contribution in [1.82, 2.24) is 4.98 Å². The fraction of sp³-hybridized carbons (Fsp3) is 0.231. The molecule has 1 aromatic heterocycles. The van der Waals surface area contributed by atoms with Crippen LogP contribution in [-0.2, 0) is 11.2 Å². The van der Waals surface area contributed by atoms with E-state index >= 15 is 0 Å². The Morgan fingerprint density at radius 1 is 1.44 bits per heavy atom. The van der Waals surface area contributed by atoms with Crippen molar-refractivity contribution in [2.45, 2.75) is 13.3 Å². The van der Waals surface area contributed by atoms with E-state index in [-0.39, 0.29) is 12.0 Å². The summed E-state index contributed by atoms with van der Waals surface area (Å²) in [7, 11) is 0. The van der Waals surface area contributed by atoms with Gasteiger partial charge in [-0.25, -0.2) is 0 Å². The van der Waals surface area contributed by atoms with Crippen molar-refractivity contribution >= 4 is 32.8 Å². The number of benzene rings is 1. The van der Waals surface area contributed by atoms with Crippen LogP contribution >= 0.6 is 15.9 Å². The zero-order valence-corrected chi connectivity index (χ0v) is 11.3. The molecule has 1 aromatic carbocycles. The van der Waals surface area contributed by atoms with Gasteiger partial charge in [0, 0.05) is 15.6 Å². The number of carboxylic acids is 1. The zero-order chi connectivity index (χ0) is 13.3. The number of carboxylic acid groups (broad SMARTS) is 1. The number of fused-ring (bicyclic) bond motifs is 1. The number of rotatable bonds is 3. The molecule has 0 aliphatic heterocycles. The third-order valence-electron chi connectivity index (χ3n) is 2.83. The number of aromatic nitrogens is 1. The molecule has 1 unspecified atom stereocenters. The van der Waals surface area contributed by atoms with Gasteiger partial charge in [0.1, 0.15) is 0 Å². The molecule has 0 fully saturated rings. The Hall–Kier alpha value is -1.62. The van der Waals surface area contributed by atoms with E-state index in [9.17, 15) is 9.59 Å². The maximum Gasteiger partial charge on any atom is 0.306 e. The number of halogens is 1. The summed E-state index contributed by atoms with van der Waals surface area (Å²) in [5, 5.41) is 9.76. The second-order valence-electron chi connectivity index (χ2n) is 4.30. The molecule has 94 valence electrons. The maximum atomic E-state index is 11.8. The molecule has 1 heterocycles. The molecule has 2 rings (SSSR count). The predicted octanol–water partition coefficient (Wildman–Crippen LogP) is 2.55. The highest BCUT2D eigenvalue weighted by Crippen LogP contribution is 2.18. The van der Waals surface area contributed by atoms with Crippen LogP contribution in [0.3, 0.4) is 0 Å². The predicted molar refractivity (Wildman–Crippen MR) is 72.8 cm³/mol. The first-order valence-corrected chi connectivity index (χ1v) is 6.31. The van der Waals surface area contributed by atoms with E-state index in [1.807, 2.05) is 18.2 Å². The van der Waals surface area contributed by atoms with E-state index in [0.29, 0.717) is 5.56 Å². The van der Waals surface area contributed by atoms with Gasteiger partial charge < -0.3 is 10.1 Å². The molecular weight excluding hydrogens is 298 g/mol. The van der Waals surface area contributed by atoms with Crippen molar-refractivity contribution < 1.29 is 9.90 Å². The minimum absolute atomic E-state index is 0.224. The van der Waals surface area contributed by atoms with Crippen LogP contribution in [0.25, 0.3) is 10.9 Å². The lowest BCUT2D eigenvalue weighted by Gasteiger charge is -2.07. The van der Waals surface area contributed by atoms with Gasteiger partial charge in [-0.1, -0.05) is 22.9 Å². The number of hydrogen-bond donors (Lipinski definition) is 2. The summed E-state index contributed by atoms with van der Waals surface area (Å²) in [6.07, 6.45) is 0.229. The third kappa shape index (κ3) is 2.61. The molecule has 2 N–H and O–H groups in total. The molecule has 1 atom stereocenters. The number of H-pyrrole nitrogens is 1. The summed E-state index contributed by atoms with van der Waals surface area (Å²) in [5.74, 6) is -1.47. The van der Waals surface area contributed by atoms with Crippen molar-refractivity contribution in [1.29, 1.82) is 0 Å². The van der Waals surface area contributed by atoms with Crippen molar-refractivity contribution in [3.05, 3.63) is 44.7 Å². The molecule has 0 aliphatic carbocycles. The molecule has 0 aliphatic rings. The van der Waals surface area contributed by atoms with E-state index in [2.05, 4.69) is 20.9 Å². The Balaban J connectivity index is 2.48. The summed E-state index contributed by atoms with van der Waals surface area (Å²) in [4.78, 5) is 25.4. The molecule has 0 saturated carbocycles. The summed E-state index contributed by atoms with van der Waals surface area (Å²) in [5.41, 5.74) is 1.02. The molecule has 5 heteroatoms. The molecule has 18 heavy (non-hydrogen) atoms. The Morgan fingerprint density at radius 2 is 2.17 bits per heavy atom. The van der Waals surface area contributed by atoms with Gasteiger partial charge in [-0.3, -0.25) is 9.59 Å². The number of hydrogen-bond acceptors (Lipinski definition) is 2. The van der Waals surface area contributed by atoms with E-state index in [0.717, 1.165) is 15.4 Å². The zero-order valence-electron chi connectivity index (χ0n) is 9.74. The van der Waals surface area contributed by atoms with Crippen molar-refractivity contribution in [3.8, 4) is 0 Å². The lowest BCUT2D eigenvalue weighted by atomic mass is 10.0. The van der Waals surface area contributed by atoms with Crippen LogP contribution in [0.1, 0.15) is 12.5 Å². The molecule has 2 aromatic rings. The Bertz CT molecular complexity index is 663. The smallest absolute Gasteiger partial charge is 0.306 e. The summed E-state index contributed by atoms with van der Waals surface area (Å²) in [6.45, 7) is 1.59. The van der Waals surface area contributed by atoms with Crippen molar-refractivity contribution in [3.63, 3.8) is 0 Å². The number of aromatic amines is 1. The number of pyridine rings is 1. The van der Waals surface area contributed by atoms with Crippen LogP contribution in [-0.4, -0.2) is 16.1 Å². The first-order chi connectivity index (χ1) is 8.47. The second kappa shape index (κ2) is 4.94. The number of nitrogens with one attached hydrogen (secondary N) is 1. The quantitative estimate of drug-likeness (QED) is 0.915. The molecule has 0 saturated heterocycles. The maximum absolute atomic E-state index is 11.8. The topological polar surface area (TPSA) is 70.2 Å². The van der Waals surface area contributed by atoms with Crippen LogP contribution < -0.4 is 5.56 Å². The summed E-state index contributed by atoms with van der Waals surface area (Å²) >= 11 is 3.36. The lowest BCUT2D eigenvalue weighted by molar-refractivity contribution is -0.141. The lowest BCUT2D eigenvalue weighted by Crippen LogP contribution is -2.19. The van der Waals surface area contributed by atoms with Gasteiger partial charge in [0.25, 0.3) is 5.56 Å². The first kappa shape index (κ1) is 12.8. The molecular formula is C13H12BrNO3.